The zero-order valence-electron chi connectivity index (χ0n) is 6.06. The highest BCUT2D eigenvalue weighted by atomic mass is 31.2. The van der Waals surface area contributed by atoms with Crippen LogP contribution in [0.2, 0.25) is 0 Å². The van der Waals surface area contributed by atoms with Crippen LogP contribution in [0.4, 0.5) is 0 Å². The zero-order valence-corrected chi connectivity index (χ0v) is 6.95. The van der Waals surface area contributed by atoms with Gasteiger partial charge in [0.05, 0.1) is 12.4 Å². The second-order valence-electron chi connectivity index (χ2n) is 2.33. The molecule has 0 heterocycles. The number of hydrogen-bond acceptors (Lipinski definition) is 3. The zero-order chi connectivity index (χ0) is 8.20. The molecule has 0 aromatic carbocycles. The van der Waals surface area contributed by atoms with Gasteiger partial charge in [0, 0.05) is 5.66 Å². The molecule has 2 N–H and O–H groups in total. The summed E-state index contributed by atoms with van der Waals surface area (Å²) in [6.45, 7) is 3.32. The molecular weight excluding hydrogens is 153 g/mol. The van der Waals surface area contributed by atoms with E-state index >= 15 is 0 Å². The Morgan fingerprint density at radius 1 is 1.70 bits per heavy atom. The first-order chi connectivity index (χ1) is 4.50. The molecule has 0 aromatic rings. The molecule has 0 amide bonds. The van der Waals surface area contributed by atoms with E-state index in [0.29, 0.717) is 0 Å². The SMILES string of the molecule is CC(C)P(=O)(O)CC=NO. The van der Waals surface area contributed by atoms with Gasteiger partial charge in [-0.3, -0.25) is 4.57 Å². The fraction of sp³-hybridized carbons (Fsp3) is 0.800. The summed E-state index contributed by atoms with van der Waals surface area (Å²) in [5.41, 5.74) is -0.273. The van der Waals surface area contributed by atoms with Crippen LogP contribution in [0, 0.1) is 0 Å². The van der Waals surface area contributed by atoms with Gasteiger partial charge in [-0.1, -0.05) is 13.8 Å². The normalized spacial score (nSPS) is 18.0. The topological polar surface area (TPSA) is 69.9 Å². The van der Waals surface area contributed by atoms with Gasteiger partial charge in [-0.25, -0.2) is 0 Å². The Morgan fingerprint density at radius 2 is 2.20 bits per heavy atom. The summed E-state index contributed by atoms with van der Waals surface area (Å²) in [7, 11) is -3.09. The average molecular weight is 165 g/mol. The van der Waals surface area contributed by atoms with Crippen LogP contribution in [0.1, 0.15) is 13.8 Å². The van der Waals surface area contributed by atoms with Crippen LogP contribution in [-0.2, 0) is 4.57 Å². The molecule has 0 aromatic heterocycles. The van der Waals surface area contributed by atoms with E-state index in [1.807, 2.05) is 0 Å². The van der Waals surface area contributed by atoms with Crippen LogP contribution in [0.3, 0.4) is 0 Å². The smallest absolute Gasteiger partial charge is 0.208 e. The summed E-state index contributed by atoms with van der Waals surface area (Å²) >= 11 is 0. The highest BCUT2D eigenvalue weighted by molar-refractivity contribution is 7.59. The molecule has 0 bridgehead atoms. The van der Waals surface area contributed by atoms with Crippen molar-refractivity contribution in [2.45, 2.75) is 19.5 Å². The largest absolute Gasteiger partial charge is 0.411 e. The standard InChI is InChI=1S/C5H12NO3P/c1-5(2)10(8,9)4-3-6-7/h3,5,7H,4H2,1-2H3,(H,8,9). The van der Waals surface area contributed by atoms with Gasteiger partial charge in [0.2, 0.25) is 7.37 Å². The lowest BCUT2D eigenvalue weighted by Crippen LogP contribution is -2.01. The molecule has 0 aliphatic carbocycles. The van der Waals surface area contributed by atoms with Crippen LogP contribution in [0.5, 0.6) is 0 Å². The Bertz CT molecular complexity index is 166. The fourth-order valence-electron chi connectivity index (χ4n) is 0.364. The molecular formula is C5H12NO3P. The van der Waals surface area contributed by atoms with Crippen LogP contribution in [0.25, 0.3) is 0 Å². The Morgan fingerprint density at radius 3 is 2.50 bits per heavy atom. The van der Waals surface area contributed by atoms with Crippen LogP contribution >= 0.6 is 7.37 Å². The quantitative estimate of drug-likeness (QED) is 0.285. The van der Waals surface area contributed by atoms with E-state index in [1.165, 1.54) is 0 Å². The van der Waals surface area contributed by atoms with E-state index < -0.39 is 7.37 Å². The van der Waals surface area contributed by atoms with Crippen molar-refractivity contribution in [3.8, 4) is 0 Å². The fourth-order valence-corrected chi connectivity index (χ4v) is 1.09. The summed E-state index contributed by atoms with van der Waals surface area (Å²) in [5.74, 6) is 0. The van der Waals surface area contributed by atoms with Crippen molar-refractivity contribution in [3.63, 3.8) is 0 Å². The van der Waals surface area contributed by atoms with E-state index in [4.69, 9.17) is 10.1 Å². The maximum Gasteiger partial charge on any atom is 0.208 e. The average Bonchev–Trinajstić information content (AvgIpc) is 1.84. The maximum atomic E-state index is 11.0. The highest BCUT2D eigenvalue weighted by Gasteiger charge is 2.21. The molecule has 1 unspecified atom stereocenters. The lowest BCUT2D eigenvalue weighted by Gasteiger charge is -2.11. The molecule has 0 fully saturated rings. The van der Waals surface area contributed by atoms with E-state index in [-0.39, 0.29) is 11.8 Å². The first kappa shape index (κ1) is 9.66. The van der Waals surface area contributed by atoms with Crippen LogP contribution < -0.4 is 0 Å². The number of oxime groups is 1. The Hall–Kier alpha value is -0.340. The molecule has 0 aliphatic rings. The summed E-state index contributed by atoms with van der Waals surface area (Å²) in [4.78, 5) is 9.08. The van der Waals surface area contributed by atoms with Crippen molar-refractivity contribution < 1.29 is 14.7 Å². The van der Waals surface area contributed by atoms with E-state index in [1.54, 1.807) is 13.8 Å². The molecule has 10 heavy (non-hydrogen) atoms. The van der Waals surface area contributed by atoms with Crippen molar-refractivity contribution in [3.05, 3.63) is 0 Å². The van der Waals surface area contributed by atoms with Gasteiger partial charge < -0.3 is 10.1 Å². The first-order valence-electron chi connectivity index (χ1n) is 2.98. The molecule has 5 heteroatoms. The predicted molar refractivity (Wildman–Crippen MR) is 40.1 cm³/mol. The molecule has 0 spiro atoms. The van der Waals surface area contributed by atoms with Crippen molar-refractivity contribution >= 4 is 13.6 Å². The minimum Gasteiger partial charge on any atom is -0.411 e. The lowest BCUT2D eigenvalue weighted by atomic mass is 10.6. The molecule has 4 nitrogen and oxygen atoms in total. The predicted octanol–water partition coefficient (Wildman–Crippen LogP) is 1.13. The lowest BCUT2D eigenvalue weighted by molar-refractivity contribution is 0.321. The van der Waals surface area contributed by atoms with Gasteiger partial charge in [0.15, 0.2) is 0 Å². The van der Waals surface area contributed by atoms with Crippen molar-refractivity contribution in [1.29, 1.82) is 0 Å². The van der Waals surface area contributed by atoms with Crippen molar-refractivity contribution in [2.75, 3.05) is 6.16 Å². The van der Waals surface area contributed by atoms with Gasteiger partial charge in [-0.2, -0.15) is 0 Å². The molecule has 0 saturated heterocycles. The molecule has 1 atom stereocenters. The summed E-state index contributed by atoms with van der Waals surface area (Å²) in [5, 5.41) is 10.6. The second kappa shape index (κ2) is 3.74. The van der Waals surface area contributed by atoms with Gasteiger partial charge in [-0.05, 0) is 0 Å². The Balaban J connectivity index is 4.01. The van der Waals surface area contributed by atoms with E-state index in [2.05, 4.69) is 5.16 Å². The molecule has 0 saturated carbocycles. The monoisotopic (exact) mass is 165 g/mol. The first-order valence-corrected chi connectivity index (χ1v) is 4.89. The molecule has 0 rings (SSSR count). The highest BCUT2D eigenvalue weighted by Crippen LogP contribution is 2.44. The minimum absolute atomic E-state index is 0.0544. The van der Waals surface area contributed by atoms with Crippen molar-refractivity contribution in [2.24, 2.45) is 5.16 Å². The van der Waals surface area contributed by atoms with Crippen molar-refractivity contribution in [1.82, 2.24) is 0 Å². The van der Waals surface area contributed by atoms with Gasteiger partial charge in [-0.15, -0.1) is 5.16 Å². The van der Waals surface area contributed by atoms with Crippen LogP contribution in [0.15, 0.2) is 5.16 Å². The van der Waals surface area contributed by atoms with Gasteiger partial charge in [0.1, 0.15) is 0 Å². The summed E-state index contributed by atoms with van der Waals surface area (Å²) in [6.07, 6.45) is 0.988. The Labute approximate surface area is 60.0 Å². The summed E-state index contributed by atoms with van der Waals surface area (Å²) < 4.78 is 11.0. The van der Waals surface area contributed by atoms with E-state index in [9.17, 15) is 4.57 Å². The molecule has 0 aliphatic heterocycles. The number of hydrogen-bond donors (Lipinski definition) is 2. The van der Waals surface area contributed by atoms with Gasteiger partial charge >= 0.3 is 0 Å². The molecule has 60 valence electrons. The third-order valence-corrected chi connectivity index (χ3v) is 3.53. The van der Waals surface area contributed by atoms with Gasteiger partial charge in [0.25, 0.3) is 0 Å². The number of nitrogens with zero attached hydrogens (tertiary/aromatic N) is 1. The number of rotatable bonds is 3. The van der Waals surface area contributed by atoms with Crippen LogP contribution in [-0.4, -0.2) is 28.1 Å². The molecule has 0 radical (unpaired) electrons. The minimum atomic E-state index is -3.09. The third kappa shape index (κ3) is 2.99. The third-order valence-electron chi connectivity index (χ3n) is 1.23. The van der Waals surface area contributed by atoms with E-state index in [0.717, 1.165) is 6.21 Å². The Kier molecular flexibility index (Phi) is 3.61. The second-order valence-corrected chi connectivity index (χ2v) is 5.24. The maximum absolute atomic E-state index is 11.0. The summed E-state index contributed by atoms with van der Waals surface area (Å²) in [6, 6.07) is 0.